The van der Waals surface area contributed by atoms with Gasteiger partial charge in [0.05, 0.1) is 0 Å². The Kier molecular flexibility index (Phi) is 3.19. The van der Waals surface area contributed by atoms with Gasteiger partial charge in [0.25, 0.3) is 0 Å². The Morgan fingerprint density at radius 1 is 1.33 bits per heavy atom. The maximum absolute atomic E-state index is 6.07. The van der Waals surface area contributed by atoms with Crippen molar-refractivity contribution in [2.45, 2.75) is 19.3 Å². The molecule has 0 aliphatic rings. The van der Waals surface area contributed by atoms with Gasteiger partial charge in [-0.2, -0.15) is 0 Å². The highest BCUT2D eigenvalue weighted by Crippen LogP contribution is 2.30. The van der Waals surface area contributed by atoms with Crippen LogP contribution < -0.4 is 0 Å². The summed E-state index contributed by atoms with van der Waals surface area (Å²) >= 11 is 9.55. The van der Waals surface area contributed by atoms with Gasteiger partial charge in [-0.25, -0.2) is 0 Å². The maximum Gasteiger partial charge on any atom is 0.0443 e. The maximum atomic E-state index is 6.07. The molecule has 0 atom stereocenters. The predicted molar refractivity (Wildman–Crippen MR) is 58.3 cm³/mol. The summed E-state index contributed by atoms with van der Waals surface area (Å²) in [6, 6.07) is 7.98. The molecule has 1 rings (SSSR count). The third kappa shape index (κ3) is 2.02. The van der Waals surface area contributed by atoms with Crippen LogP contribution >= 0.6 is 27.5 Å². The molecule has 1 aromatic carbocycles. The molecular weight excluding hydrogens is 235 g/mol. The second kappa shape index (κ2) is 3.80. The van der Waals surface area contributed by atoms with E-state index in [1.54, 1.807) is 0 Å². The summed E-state index contributed by atoms with van der Waals surface area (Å²) in [6.45, 7) is 4.34. The molecule has 12 heavy (non-hydrogen) atoms. The van der Waals surface area contributed by atoms with E-state index in [9.17, 15) is 0 Å². The van der Waals surface area contributed by atoms with Gasteiger partial charge in [0.15, 0.2) is 0 Å². The molecule has 0 unspecified atom stereocenters. The first-order valence-electron chi connectivity index (χ1n) is 3.89. The number of rotatable bonds is 2. The molecule has 2 heteroatoms. The van der Waals surface area contributed by atoms with Crippen LogP contribution in [0.5, 0.6) is 0 Å². The zero-order valence-electron chi connectivity index (χ0n) is 7.27. The molecule has 0 aliphatic heterocycles. The van der Waals surface area contributed by atoms with Gasteiger partial charge >= 0.3 is 0 Å². The fraction of sp³-hybridized carbons (Fsp3) is 0.400. The zero-order valence-corrected chi connectivity index (χ0v) is 9.61. The second-order valence-electron chi connectivity index (χ2n) is 3.50. The first kappa shape index (κ1) is 10.1. The molecule has 0 aromatic heterocycles. The van der Waals surface area contributed by atoms with Crippen LogP contribution in [0.3, 0.4) is 0 Å². The van der Waals surface area contributed by atoms with Crippen LogP contribution in [-0.4, -0.2) is 5.33 Å². The van der Waals surface area contributed by atoms with E-state index in [2.05, 4.69) is 35.8 Å². The lowest BCUT2D eigenvalue weighted by atomic mass is 9.87. The summed E-state index contributed by atoms with van der Waals surface area (Å²) in [5.41, 5.74) is 1.31. The number of halogens is 2. The Bertz CT molecular complexity index is 268. The smallest absolute Gasteiger partial charge is 0.0443 e. The standard InChI is InChI=1S/C10H12BrCl/c1-10(2,7-11)8-5-3-4-6-9(8)12/h3-6H,7H2,1-2H3. The van der Waals surface area contributed by atoms with Gasteiger partial charge < -0.3 is 0 Å². The van der Waals surface area contributed by atoms with Crippen LogP contribution in [0.4, 0.5) is 0 Å². The van der Waals surface area contributed by atoms with Crippen LogP contribution in [0.15, 0.2) is 24.3 Å². The second-order valence-corrected chi connectivity index (χ2v) is 4.47. The average Bonchev–Trinajstić information content (AvgIpc) is 2.05. The summed E-state index contributed by atoms with van der Waals surface area (Å²) in [7, 11) is 0. The molecule has 0 heterocycles. The molecule has 0 nitrogen and oxygen atoms in total. The quantitative estimate of drug-likeness (QED) is 0.693. The minimum atomic E-state index is 0.109. The van der Waals surface area contributed by atoms with Gasteiger partial charge in [0.2, 0.25) is 0 Å². The third-order valence-electron chi connectivity index (χ3n) is 1.94. The molecule has 0 aliphatic carbocycles. The lowest BCUT2D eigenvalue weighted by Gasteiger charge is -2.23. The van der Waals surface area contributed by atoms with Crippen LogP contribution in [0.25, 0.3) is 0 Å². The van der Waals surface area contributed by atoms with Gasteiger partial charge in [-0.15, -0.1) is 0 Å². The lowest BCUT2D eigenvalue weighted by molar-refractivity contribution is 0.607. The molecule has 0 fully saturated rings. The fourth-order valence-corrected chi connectivity index (χ4v) is 1.78. The molecule has 1 aromatic rings. The molecule has 0 amide bonds. The molecule has 66 valence electrons. The Labute approximate surface area is 87.1 Å². The van der Waals surface area contributed by atoms with Crippen molar-refractivity contribution < 1.29 is 0 Å². The van der Waals surface area contributed by atoms with Crippen molar-refractivity contribution in [2.24, 2.45) is 0 Å². The van der Waals surface area contributed by atoms with Crippen molar-refractivity contribution in [1.29, 1.82) is 0 Å². The Morgan fingerprint density at radius 2 is 1.92 bits per heavy atom. The zero-order chi connectivity index (χ0) is 9.19. The van der Waals surface area contributed by atoms with Gasteiger partial charge in [0, 0.05) is 15.8 Å². The largest absolute Gasteiger partial charge is 0.0919 e. The third-order valence-corrected chi connectivity index (χ3v) is 3.67. The summed E-state index contributed by atoms with van der Waals surface area (Å²) < 4.78 is 0. The van der Waals surface area contributed by atoms with Crippen molar-refractivity contribution in [2.75, 3.05) is 5.33 Å². The van der Waals surface area contributed by atoms with E-state index in [4.69, 9.17) is 11.6 Å². The average molecular weight is 248 g/mol. The van der Waals surface area contributed by atoms with Gasteiger partial charge in [-0.3, -0.25) is 0 Å². The van der Waals surface area contributed by atoms with Crippen LogP contribution in [0, 0.1) is 0 Å². The first-order chi connectivity index (χ1) is 5.58. The van der Waals surface area contributed by atoms with Crippen LogP contribution in [0.2, 0.25) is 5.02 Å². The Hall–Kier alpha value is -0.0100. The highest BCUT2D eigenvalue weighted by molar-refractivity contribution is 9.09. The van der Waals surface area contributed by atoms with Gasteiger partial charge in [-0.05, 0) is 11.6 Å². The predicted octanol–water partition coefficient (Wildman–Crippen LogP) is 4.01. The van der Waals surface area contributed by atoms with E-state index in [1.165, 1.54) is 5.56 Å². The summed E-state index contributed by atoms with van der Waals surface area (Å²) in [6.07, 6.45) is 0. The van der Waals surface area contributed by atoms with Crippen LogP contribution in [-0.2, 0) is 5.41 Å². The molecular formula is C10H12BrCl. The van der Waals surface area contributed by atoms with Crippen molar-refractivity contribution in [1.82, 2.24) is 0 Å². The van der Waals surface area contributed by atoms with Crippen molar-refractivity contribution in [3.63, 3.8) is 0 Å². The van der Waals surface area contributed by atoms with E-state index in [-0.39, 0.29) is 5.41 Å². The summed E-state index contributed by atoms with van der Waals surface area (Å²) in [5, 5.41) is 1.77. The minimum Gasteiger partial charge on any atom is -0.0919 e. The van der Waals surface area contributed by atoms with Crippen LogP contribution in [0.1, 0.15) is 19.4 Å². The molecule has 0 spiro atoms. The van der Waals surface area contributed by atoms with Crippen molar-refractivity contribution in [3.8, 4) is 0 Å². The van der Waals surface area contributed by atoms with E-state index in [1.807, 2.05) is 18.2 Å². The van der Waals surface area contributed by atoms with Gasteiger partial charge in [-0.1, -0.05) is 59.6 Å². The first-order valence-corrected chi connectivity index (χ1v) is 5.39. The lowest BCUT2D eigenvalue weighted by Crippen LogP contribution is -2.19. The molecule has 0 saturated carbocycles. The van der Waals surface area contributed by atoms with E-state index in [0.29, 0.717) is 0 Å². The fourth-order valence-electron chi connectivity index (χ4n) is 1.08. The highest BCUT2D eigenvalue weighted by atomic mass is 79.9. The highest BCUT2D eigenvalue weighted by Gasteiger charge is 2.20. The monoisotopic (exact) mass is 246 g/mol. The molecule has 0 saturated heterocycles. The number of benzene rings is 1. The number of alkyl halides is 1. The van der Waals surface area contributed by atoms with Crippen molar-refractivity contribution >= 4 is 27.5 Å². The van der Waals surface area contributed by atoms with Gasteiger partial charge in [0.1, 0.15) is 0 Å². The van der Waals surface area contributed by atoms with E-state index >= 15 is 0 Å². The van der Waals surface area contributed by atoms with Crippen molar-refractivity contribution in [3.05, 3.63) is 34.9 Å². The van der Waals surface area contributed by atoms with E-state index in [0.717, 1.165) is 10.4 Å². The number of hydrogen-bond donors (Lipinski definition) is 0. The Morgan fingerprint density at radius 3 is 2.42 bits per heavy atom. The number of hydrogen-bond acceptors (Lipinski definition) is 0. The topological polar surface area (TPSA) is 0 Å². The SMILES string of the molecule is CC(C)(CBr)c1ccccc1Cl. The molecule has 0 bridgehead atoms. The summed E-state index contributed by atoms with van der Waals surface area (Å²) in [4.78, 5) is 0. The summed E-state index contributed by atoms with van der Waals surface area (Å²) in [5.74, 6) is 0. The minimum absolute atomic E-state index is 0.109. The molecule has 0 N–H and O–H groups in total. The normalized spacial score (nSPS) is 11.7. The molecule has 0 radical (unpaired) electrons. The Balaban J connectivity index is 3.10. The van der Waals surface area contributed by atoms with E-state index < -0.39 is 0 Å².